The van der Waals surface area contributed by atoms with Crippen LogP contribution in [0.2, 0.25) is 0 Å². The second kappa shape index (κ2) is 7.06. The van der Waals surface area contributed by atoms with Gasteiger partial charge in [-0.15, -0.1) is 11.8 Å². The summed E-state index contributed by atoms with van der Waals surface area (Å²) in [5.74, 6) is -0.0516. The highest BCUT2D eigenvalue weighted by Gasteiger charge is 2.31. The van der Waals surface area contributed by atoms with Gasteiger partial charge in [0.25, 0.3) is 0 Å². The number of anilines is 1. The molecule has 0 aliphatic rings. The van der Waals surface area contributed by atoms with Crippen molar-refractivity contribution in [3.63, 3.8) is 0 Å². The Morgan fingerprint density at radius 1 is 1.33 bits per heavy atom. The number of benzene rings is 1. The molecule has 0 aliphatic carbocycles. The Morgan fingerprint density at radius 2 is 1.90 bits per heavy atom. The van der Waals surface area contributed by atoms with Crippen molar-refractivity contribution < 1.29 is 18.0 Å². The number of nitrogen functional groups attached to an aromatic ring is 1. The molecule has 118 valence electrons. The second-order valence-electron chi connectivity index (χ2n) is 4.52. The third kappa shape index (κ3) is 4.56. The molecule has 0 aliphatic heterocycles. The van der Waals surface area contributed by atoms with Gasteiger partial charge in [-0.3, -0.25) is 4.79 Å². The molecule has 0 saturated carbocycles. The molecule has 0 aromatic heterocycles. The van der Waals surface area contributed by atoms with Crippen molar-refractivity contribution in [2.45, 2.75) is 37.1 Å². The van der Waals surface area contributed by atoms with Crippen LogP contribution in [0.3, 0.4) is 0 Å². The molecule has 1 aromatic carbocycles. The van der Waals surface area contributed by atoms with Crippen molar-refractivity contribution in [1.29, 1.82) is 0 Å². The minimum absolute atomic E-state index is 0.0361. The van der Waals surface area contributed by atoms with E-state index >= 15 is 0 Å². The number of halogens is 3. The van der Waals surface area contributed by atoms with Crippen molar-refractivity contribution in [1.82, 2.24) is 4.90 Å². The third-order valence-corrected chi connectivity index (χ3v) is 4.24. The monoisotopic (exact) mass is 320 g/mol. The number of thioether (sulfide) groups is 1. The third-order valence-electron chi connectivity index (χ3n) is 3.06. The highest BCUT2D eigenvalue weighted by Crippen LogP contribution is 2.35. The van der Waals surface area contributed by atoms with Gasteiger partial charge in [0.1, 0.15) is 0 Å². The Hall–Kier alpha value is -1.37. The summed E-state index contributed by atoms with van der Waals surface area (Å²) in [5.41, 5.74) is 4.91. The fourth-order valence-corrected chi connectivity index (χ4v) is 2.84. The number of nitrogens with two attached hydrogens (primary N) is 1. The van der Waals surface area contributed by atoms with E-state index in [1.807, 2.05) is 13.8 Å². The largest absolute Gasteiger partial charge is 0.416 e. The first-order chi connectivity index (χ1) is 9.70. The summed E-state index contributed by atoms with van der Waals surface area (Å²) in [6, 6.07) is 3.19. The number of nitrogens with zero attached hydrogens (tertiary/aromatic N) is 1. The standard InChI is InChI=1S/C14H19F3N2OS/c1-4-19(5-2)13(20)9(3)21-12-7-6-10(8-11(12)18)14(15,16)17/h6-9H,4-5,18H2,1-3H3. The van der Waals surface area contributed by atoms with Crippen LogP contribution in [0, 0.1) is 0 Å². The maximum atomic E-state index is 12.6. The van der Waals surface area contributed by atoms with Gasteiger partial charge in [-0.2, -0.15) is 13.2 Å². The minimum Gasteiger partial charge on any atom is -0.398 e. The van der Waals surface area contributed by atoms with Gasteiger partial charge in [0, 0.05) is 23.7 Å². The van der Waals surface area contributed by atoms with Crippen LogP contribution in [0.4, 0.5) is 18.9 Å². The van der Waals surface area contributed by atoms with E-state index in [2.05, 4.69) is 0 Å². The molecular formula is C14H19F3N2OS. The summed E-state index contributed by atoms with van der Waals surface area (Å²) in [6.45, 7) is 6.68. The minimum atomic E-state index is -4.42. The van der Waals surface area contributed by atoms with Gasteiger partial charge >= 0.3 is 6.18 Å². The number of alkyl halides is 3. The summed E-state index contributed by atoms with van der Waals surface area (Å²) in [7, 11) is 0. The second-order valence-corrected chi connectivity index (χ2v) is 5.90. The van der Waals surface area contributed by atoms with Crippen LogP contribution in [0.1, 0.15) is 26.3 Å². The van der Waals surface area contributed by atoms with E-state index in [-0.39, 0.29) is 11.6 Å². The number of carbonyl (C=O) groups excluding carboxylic acids is 1. The summed E-state index contributed by atoms with van der Waals surface area (Å²) >= 11 is 1.17. The topological polar surface area (TPSA) is 46.3 Å². The molecule has 0 saturated heterocycles. The van der Waals surface area contributed by atoms with E-state index in [1.54, 1.807) is 11.8 Å². The zero-order chi connectivity index (χ0) is 16.2. The molecule has 0 spiro atoms. The first kappa shape index (κ1) is 17.7. The average Bonchev–Trinajstić information content (AvgIpc) is 2.41. The predicted molar refractivity (Wildman–Crippen MR) is 79.1 cm³/mol. The summed E-state index contributed by atoms with van der Waals surface area (Å²) in [6.07, 6.45) is -4.42. The Balaban J connectivity index is 2.86. The number of amides is 1. The Kier molecular flexibility index (Phi) is 5.95. The highest BCUT2D eigenvalue weighted by molar-refractivity contribution is 8.00. The van der Waals surface area contributed by atoms with Gasteiger partial charge in [0.05, 0.1) is 10.8 Å². The van der Waals surface area contributed by atoms with Crippen LogP contribution in [0.25, 0.3) is 0 Å². The average molecular weight is 320 g/mol. The maximum absolute atomic E-state index is 12.6. The fraction of sp³-hybridized carbons (Fsp3) is 0.500. The van der Waals surface area contributed by atoms with Gasteiger partial charge < -0.3 is 10.6 Å². The van der Waals surface area contributed by atoms with Gasteiger partial charge in [-0.25, -0.2) is 0 Å². The smallest absolute Gasteiger partial charge is 0.398 e. The fourth-order valence-electron chi connectivity index (χ4n) is 1.87. The molecule has 1 unspecified atom stereocenters. The zero-order valence-corrected chi connectivity index (χ0v) is 13.0. The lowest BCUT2D eigenvalue weighted by Crippen LogP contribution is -2.36. The van der Waals surface area contributed by atoms with Crippen LogP contribution in [-0.2, 0) is 11.0 Å². The Labute approximate surface area is 126 Å². The van der Waals surface area contributed by atoms with Crippen LogP contribution >= 0.6 is 11.8 Å². The van der Waals surface area contributed by atoms with Crippen molar-refractivity contribution in [3.05, 3.63) is 23.8 Å². The van der Waals surface area contributed by atoms with Crippen LogP contribution in [0.15, 0.2) is 23.1 Å². The van der Waals surface area contributed by atoms with E-state index < -0.39 is 17.0 Å². The number of rotatable bonds is 5. The lowest BCUT2D eigenvalue weighted by atomic mass is 10.2. The lowest BCUT2D eigenvalue weighted by Gasteiger charge is -2.23. The molecule has 1 aromatic rings. The predicted octanol–water partition coefficient (Wildman–Crippen LogP) is 3.64. The summed E-state index contributed by atoms with van der Waals surface area (Å²) in [5, 5.41) is -0.399. The van der Waals surface area contributed by atoms with Gasteiger partial charge in [-0.05, 0) is 39.0 Å². The summed E-state index contributed by atoms with van der Waals surface area (Å²) in [4.78, 5) is 14.3. The highest BCUT2D eigenvalue weighted by atomic mass is 32.2. The molecule has 1 atom stereocenters. The first-order valence-electron chi connectivity index (χ1n) is 6.62. The molecular weight excluding hydrogens is 301 g/mol. The SMILES string of the molecule is CCN(CC)C(=O)C(C)Sc1ccc(C(F)(F)F)cc1N. The van der Waals surface area contributed by atoms with Crippen LogP contribution < -0.4 is 5.73 Å². The quantitative estimate of drug-likeness (QED) is 0.665. The van der Waals surface area contributed by atoms with Gasteiger partial charge in [-0.1, -0.05) is 0 Å². The molecule has 1 rings (SSSR count). The van der Waals surface area contributed by atoms with Crippen molar-refractivity contribution >= 4 is 23.4 Å². The maximum Gasteiger partial charge on any atom is 0.416 e. The van der Waals surface area contributed by atoms with Gasteiger partial charge in [0.15, 0.2) is 0 Å². The van der Waals surface area contributed by atoms with Crippen molar-refractivity contribution in [3.8, 4) is 0 Å². The van der Waals surface area contributed by atoms with E-state index in [4.69, 9.17) is 5.73 Å². The Morgan fingerprint density at radius 3 is 2.33 bits per heavy atom. The van der Waals surface area contributed by atoms with Crippen molar-refractivity contribution in [2.24, 2.45) is 0 Å². The van der Waals surface area contributed by atoms with Crippen LogP contribution in [-0.4, -0.2) is 29.1 Å². The number of carbonyl (C=O) groups is 1. The van der Waals surface area contributed by atoms with E-state index in [1.165, 1.54) is 17.8 Å². The zero-order valence-electron chi connectivity index (χ0n) is 12.2. The number of hydrogen-bond acceptors (Lipinski definition) is 3. The molecule has 0 heterocycles. The van der Waals surface area contributed by atoms with E-state index in [9.17, 15) is 18.0 Å². The molecule has 1 amide bonds. The molecule has 7 heteroatoms. The van der Waals surface area contributed by atoms with Gasteiger partial charge in [0.2, 0.25) is 5.91 Å². The molecule has 2 N–H and O–H groups in total. The summed E-state index contributed by atoms with van der Waals surface area (Å²) < 4.78 is 37.7. The molecule has 0 radical (unpaired) electrons. The van der Waals surface area contributed by atoms with E-state index in [0.29, 0.717) is 18.0 Å². The first-order valence-corrected chi connectivity index (χ1v) is 7.50. The van der Waals surface area contributed by atoms with Crippen LogP contribution in [0.5, 0.6) is 0 Å². The van der Waals surface area contributed by atoms with E-state index in [0.717, 1.165) is 12.1 Å². The normalized spacial score (nSPS) is 13.0. The molecule has 0 fully saturated rings. The molecule has 0 bridgehead atoms. The Bertz CT molecular complexity index is 501. The number of hydrogen-bond donors (Lipinski definition) is 1. The van der Waals surface area contributed by atoms with Crippen molar-refractivity contribution in [2.75, 3.05) is 18.8 Å². The molecule has 3 nitrogen and oxygen atoms in total. The lowest BCUT2D eigenvalue weighted by molar-refractivity contribution is -0.137. The molecule has 21 heavy (non-hydrogen) atoms.